The molecule has 0 unspecified atom stereocenters. The number of hydrogen-bond acceptors (Lipinski definition) is 3. The third-order valence-corrected chi connectivity index (χ3v) is 4.85. The number of unbranched alkanes of at least 4 members (excludes halogenated alkanes) is 8. The van der Waals surface area contributed by atoms with Crippen LogP contribution in [0.1, 0.15) is 117 Å². The summed E-state index contributed by atoms with van der Waals surface area (Å²) in [5.74, 6) is -0.781. The fourth-order valence-electron chi connectivity index (χ4n) is 2.98. The minimum atomic E-state index is -0.394. The maximum absolute atomic E-state index is 11.7. The number of rotatable bonds is 20. The highest BCUT2D eigenvalue weighted by Gasteiger charge is 2.09. The molecule has 0 N–H and O–H groups in total. The van der Waals surface area contributed by atoms with E-state index >= 15 is 0 Å². The molecule has 0 radical (unpaired) electrons. The van der Waals surface area contributed by atoms with Gasteiger partial charge in [-0.05, 0) is 77.0 Å². The lowest BCUT2D eigenvalue weighted by atomic mass is 10.1. The molecule has 0 atom stereocenters. The fraction of sp³-hybridized carbons (Fsp3) is 0.643. The van der Waals surface area contributed by atoms with Gasteiger partial charge in [0.05, 0.1) is 0 Å². The first kappa shape index (κ1) is 29.1. The molecule has 0 saturated carbocycles. The van der Waals surface area contributed by atoms with Gasteiger partial charge in [0, 0.05) is 12.8 Å². The SMILES string of the molecule is CC/C=C/CCC/C=C/CCCCC(=O)OC(=O)CCC/C=C/CC/C=C/CCCC. The van der Waals surface area contributed by atoms with Crippen LogP contribution in [-0.2, 0) is 14.3 Å². The van der Waals surface area contributed by atoms with Gasteiger partial charge in [0.1, 0.15) is 0 Å². The summed E-state index contributed by atoms with van der Waals surface area (Å²) < 4.78 is 4.90. The maximum atomic E-state index is 11.7. The minimum absolute atomic E-state index is 0.309. The van der Waals surface area contributed by atoms with Crippen LogP contribution in [0.5, 0.6) is 0 Å². The van der Waals surface area contributed by atoms with E-state index in [0.717, 1.165) is 64.2 Å². The predicted octanol–water partition coefficient (Wildman–Crippen LogP) is 8.56. The minimum Gasteiger partial charge on any atom is -0.393 e. The zero-order valence-corrected chi connectivity index (χ0v) is 20.2. The van der Waals surface area contributed by atoms with E-state index in [1.165, 1.54) is 25.7 Å². The lowest BCUT2D eigenvalue weighted by molar-refractivity contribution is -0.159. The second kappa shape index (κ2) is 24.4. The van der Waals surface area contributed by atoms with Crippen LogP contribution in [0, 0.1) is 0 Å². The highest BCUT2D eigenvalue weighted by molar-refractivity contribution is 5.85. The molecule has 0 saturated heterocycles. The standard InChI is InChI=1S/C28H46O3/c1-3-5-7-9-11-13-15-17-19-21-23-25-27(29)31-28(30)26-24-22-20-18-16-14-12-10-8-6-4-2/h5,7,10,12,15,17-18,20H,3-4,6,8-9,11,13-14,16,19,21-26H2,1-2H3/b7-5+,12-10+,17-15+,20-18+. The summed E-state index contributed by atoms with van der Waals surface area (Å²) in [6.45, 7) is 4.36. The topological polar surface area (TPSA) is 43.4 Å². The highest BCUT2D eigenvalue weighted by Crippen LogP contribution is 2.07. The van der Waals surface area contributed by atoms with Crippen molar-refractivity contribution in [3.05, 3.63) is 48.6 Å². The molecule has 0 aromatic rings. The van der Waals surface area contributed by atoms with Crippen molar-refractivity contribution >= 4 is 11.9 Å². The fourth-order valence-corrected chi connectivity index (χ4v) is 2.98. The molecule has 3 nitrogen and oxygen atoms in total. The molecular weight excluding hydrogens is 384 g/mol. The van der Waals surface area contributed by atoms with Gasteiger partial charge < -0.3 is 4.74 Å². The number of esters is 2. The van der Waals surface area contributed by atoms with Crippen molar-refractivity contribution in [2.24, 2.45) is 0 Å². The first-order valence-electron chi connectivity index (χ1n) is 12.5. The summed E-state index contributed by atoms with van der Waals surface area (Å²) in [5.41, 5.74) is 0. The van der Waals surface area contributed by atoms with E-state index in [-0.39, 0.29) is 5.97 Å². The van der Waals surface area contributed by atoms with E-state index in [4.69, 9.17) is 4.74 Å². The molecule has 3 heteroatoms. The average molecular weight is 431 g/mol. The molecule has 0 aliphatic heterocycles. The molecular formula is C28H46O3. The average Bonchev–Trinajstić information content (AvgIpc) is 2.75. The monoisotopic (exact) mass is 430 g/mol. The molecule has 0 heterocycles. The number of carbonyl (C=O) groups excluding carboxylic acids is 2. The van der Waals surface area contributed by atoms with E-state index in [2.05, 4.69) is 62.5 Å². The van der Waals surface area contributed by atoms with Crippen LogP contribution < -0.4 is 0 Å². The van der Waals surface area contributed by atoms with Gasteiger partial charge in [-0.25, -0.2) is 0 Å². The second-order valence-electron chi connectivity index (χ2n) is 7.93. The normalized spacial score (nSPS) is 12.1. The largest absolute Gasteiger partial charge is 0.393 e. The van der Waals surface area contributed by atoms with Crippen LogP contribution >= 0.6 is 0 Å². The van der Waals surface area contributed by atoms with E-state index in [1.807, 2.05) is 0 Å². The molecule has 0 aromatic carbocycles. The smallest absolute Gasteiger partial charge is 0.313 e. The predicted molar refractivity (Wildman–Crippen MR) is 133 cm³/mol. The number of allylic oxidation sites excluding steroid dienone is 8. The van der Waals surface area contributed by atoms with Gasteiger partial charge >= 0.3 is 11.9 Å². The highest BCUT2D eigenvalue weighted by atomic mass is 16.6. The summed E-state index contributed by atoms with van der Waals surface area (Å²) >= 11 is 0. The van der Waals surface area contributed by atoms with E-state index in [9.17, 15) is 9.59 Å². The van der Waals surface area contributed by atoms with Crippen LogP contribution in [-0.4, -0.2) is 11.9 Å². The van der Waals surface area contributed by atoms with Crippen LogP contribution in [0.2, 0.25) is 0 Å². The quantitative estimate of drug-likeness (QED) is 0.0840. The Kier molecular flexibility index (Phi) is 22.9. The lowest BCUT2D eigenvalue weighted by Crippen LogP contribution is -2.11. The van der Waals surface area contributed by atoms with Crippen LogP contribution in [0.4, 0.5) is 0 Å². The van der Waals surface area contributed by atoms with Crippen LogP contribution in [0.25, 0.3) is 0 Å². The molecule has 176 valence electrons. The van der Waals surface area contributed by atoms with Crippen molar-refractivity contribution in [2.75, 3.05) is 0 Å². The number of carbonyl (C=O) groups is 2. The number of hydrogen-bond donors (Lipinski definition) is 0. The third-order valence-electron chi connectivity index (χ3n) is 4.85. The Balaban J connectivity index is 3.53. The summed E-state index contributed by atoms with van der Waals surface area (Å²) in [7, 11) is 0. The number of ether oxygens (including phenoxy) is 1. The zero-order valence-electron chi connectivity index (χ0n) is 20.2. The third kappa shape index (κ3) is 24.2. The first-order valence-corrected chi connectivity index (χ1v) is 12.5. The molecule has 0 rings (SSSR count). The Morgan fingerprint density at radius 1 is 0.516 bits per heavy atom. The molecule has 0 fully saturated rings. The summed E-state index contributed by atoms with van der Waals surface area (Å²) in [6, 6.07) is 0. The van der Waals surface area contributed by atoms with Crippen LogP contribution in [0.15, 0.2) is 48.6 Å². The summed E-state index contributed by atoms with van der Waals surface area (Å²) in [4.78, 5) is 23.5. The van der Waals surface area contributed by atoms with Crippen molar-refractivity contribution in [1.29, 1.82) is 0 Å². The van der Waals surface area contributed by atoms with Gasteiger partial charge in [-0.2, -0.15) is 0 Å². The molecule has 31 heavy (non-hydrogen) atoms. The van der Waals surface area contributed by atoms with Crippen molar-refractivity contribution in [2.45, 2.75) is 117 Å². The Hall–Kier alpha value is -1.90. The van der Waals surface area contributed by atoms with Crippen molar-refractivity contribution in [3.8, 4) is 0 Å². The maximum Gasteiger partial charge on any atom is 0.313 e. The van der Waals surface area contributed by atoms with Gasteiger partial charge in [-0.3, -0.25) is 9.59 Å². The molecule has 0 aliphatic rings. The van der Waals surface area contributed by atoms with Gasteiger partial charge in [0.25, 0.3) is 0 Å². The van der Waals surface area contributed by atoms with Crippen LogP contribution in [0.3, 0.4) is 0 Å². The summed E-state index contributed by atoms with van der Waals surface area (Å²) in [6.07, 6.45) is 32.9. The molecule has 0 amide bonds. The van der Waals surface area contributed by atoms with E-state index < -0.39 is 5.97 Å². The lowest BCUT2D eigenvalue weighted by Gasteiger charge is -2.02. The van der Waals surface area contributed by atoms with Crippen molar-refractivity contribution in [1.82, 2.24) is 0 Å². The Labute approximate surface area is 191 Å². The van der Waals surface area contributed by atoms with Gasteiger partial charge in [0.15, 0.2) is 0 Å². The van der Waals surface area contributed by atoms with Crippen molar-refractivity contribution < 1.29 is 14.3 Å². The van der Waals surface area contributed by atoms with E-state index in [1.54, 1.807) is 0 Å². The van der Waals surface area contributed by atoms with E-state index in [0.29, 0.717) is 12.8 Å². The van der Waals surface area contributed by atoms with Crippen molar-refractivity contribution in [3.63, 3.8) is 0 Å². The Morgan fingerprint density at radius 3 is 1.55 bits per heavy atom. The summed E-state index contributed by atoms with van der Waals surface area (Å²) in [5, 5.41) is 0. The molecule has 0 bridgehead atoms. The molecule has 0 aromatic heterocycles. The Bertz CT molecular complexity index is 540. The zero-order chi connectivity index (χ0) is 22.8. The van der Waals surface area contributed by atoms with Gasteiger partial charge in [0.2, 0.25) is 0 Å². The van der Waals surface area contributed by atoms with Gasteiger partial charge in [-0.15, -0.1) is 0 Å². The van der Waals surface area contributed by atoms with Gasteiger partial charge in [-0.1, -0.05) is 75.3 Å². The Morgan fingerprint density at radius 2 is 0.968 bits per heavy atom. The molecule has 0 aliphatic carbocycles. The molecule has 0 spiro atoms. The second-order valence-corrected chi connectivity index (χ2v) is 7.93. The first-order chi connectivity index (χ1) is 15.2.